The Bertz CT molecular complexity index is 957. The summed E-state index contributed by atoms with van der Waals surface area (Å²) in [5.74, 6) is 1.66. The summed E-state index contributed by atoms with van der Waals surface area (Å²) in [4.78, 5) is 12.4. The standard InChI is InChI=1S/C21H24N4O3S/c1-15-6-4-5-7-18(15)22-19(26)14-29-21-24-23-20(25(21)12-13-27-2)16-8-10-17(28-3)11-9-16/h4-11H,12-14H2,1-3H3,(H,22,26). The van der Waals surface area contributed by atoms with Crippen LogP contribution in [0.25, 0.3) is 11.4 Å². The highest BCUT2D eigenvalue weighted by Gasteiger charge is 2.16. The highest BCUT2D eigenvalue weighted by Crippen LogP contribution is 2.26. The third-order valence-corrected chi connectivity index (χ3v) is 5.30. The minimum absolute atomic E-state index is 0.0865. The molecule has 3 rings (SSSR count). The van der Waals surface area contributed by atoms with Crippen molar-refractivity contribution >= 4 is 23.4 Å². The monoisotopic (exact) mass is 412 g/mol. The van der Waals surface area contributed by atoms with Gasteiger partial charge >= 0.3 is 0 Å². The highest BCUT2D eigenvalue weighted by atomic mass is 32.2. The molecule has 1 heterocycles. The summed E-state index contributed by atoms with van der Waals surface area (Å²) in [5, 5.41) is 12.2. The van der Waals surface area contributed by atoms with Crippen LogP contribution in [-0.2, 0) is 16.1 Å². The van der Waals surface area contributed by atoms with Crippen molar-refractivity contribution in [2.45, 2.75) is 18.6 Å². The van der Waals surface area contributed by atoms with Gasteiger partial charge in [0.1, 0.15) is 5.75 Å². The second kappa shape index (κ2) is 10.1. The lowest BCUT2D eigenvalue weighted by Gasteiger charge is -2.11. The summed E-state index contributed by atoms with van der Waals surface area (Å²) < 4.78 is 12.4. The summed E-state index contributed by atoms with van der Waals surface area (Å²) in [6, 6.07) is 15.3. The van der Waals surface area contributed by atoms with Crippen molar-refractivity contribution in [3.8, 4) is 17.1 Å². The Labute approximate surface area is 174 Å². The van der Waals surface area contributed by atoms with Crippen LogP contribution in [0, 0.1) is 6.92 Å². The van der Waals surface area contributed by atoms with E-state index in [2.05, 4.69) is 15.5 Å². The lowest BCUT2D eigenvalue weighted by Crippen LogP contribution is -2.15. The Kier molecular flexibility index (Phi) is 7.26. The zero-order chi connectivity index (χ0) is 20.6. The number of para-hydroxylation sites is 1. The number of aromatic nitrogens is 3. The molecular formula is C21H24N4O3S. The van der Waals surface area contributed by atoms with Crippen LogP contribution in [0.3, 0.4) is 0 Å². The van der Waals surface area contributed by atoms with Gasteiger partial charge in [-0.2, -0.15) is 0 Å². The molecule has 7 nitrogen and oxygen atoms in total. The molecular weight excluding hydrogens is 388 g/mol. The molecule has 0 saturated heterocycles. The molecule has 1 N–H and O–H groups in total. The van der Waals surface area contributed by atoms with E-state index in [4.69, 9.17) is 9.47 Å². The third-order valence-electron chi connectivity index (χ3n) is 4.34. The fraction of sp³-hybridized carbons (Fsp3) is 0.286. The summed E-state index contributed by atoms with van der Waals surface area (Å²) in [6.45, 7) is 3.07. The van der Waals surface area contributed by atoms with Gasteiger partial charge in [-0.05, 0) is 42.8 Å². The van der Waals surface area contributed by atoms with Crippen LogP contribution in [-0.4, -0.2) is 47.3 Å². The van der Waals surface area contributed by atoms with E-state index in [0.717, 1.165) is 28.4 Å². The van der Waals surface area contributed by atoms with E-state index in [0.29, 0.717) is 18.3 Å². The number of methoxy groups -OCH3 is 2. The molecule has 2 aromatic carbocycles. The number of carbonyl (C=O) groups excluding carboxylic acids is 1. The van der Waals surface area contributed by atoms with Crippen LogP contribution in [0.2, 0.25) is 0 Å². The minimum atomic E-state index is -0.0865. The number of nitrogens with zero attached hydrogens (tertiary/aromatic N) is 3. The number of hydrogen-bond acceptors (Lipinski definition) is 6. The zero-order valence-electron chi connectivity index (χ0n) is 16.7. The van der Waals surface area contributed by atoms with E-state index < -0.39 is 0 Å². The van der Waals surface area contributed by atoms with Crippen LogP contribution in [0.4, 0.5) is 5.69 Å². The van der Waals surface area contributed by atoms with Crippen LogP contribution in [0.15, 0.2) is 53.7 Å². The largest absolute Gasteiger partial charge is 0.497 e. The predicted molar refractivity (Wildman–Crippen MR) is 114 cm³/mol. The quantitative estimate of drug-likeness (QED) is 0.541. The van der Waals surface area contributed by atoms with Gasteiger partial charge < -0.3 is 14.8 Å². The first kappa shape index (κ1) is 20.9. The second-order valence-corrected chi connectivity index (χ2v) is 7.27. The Morgan fingerprint density at radius 1 is 1.10 bits per heavy atom. The summed E-state index contributed by atoms with van der Waals surface area (Å²) >= 11 is 1.35. The topological polar surface area (TPSA) is 78.3 Å². The molecule has 0 spiro atoms. The molecule has 152 valence electrons. The number of thioether (sulfide) groups is 1. The Hall–Kier alpha value is -2.84. The fourth-order valence-electron chi connectivity index (χ4n) is 2.76. The van der Waals surface area contributed by atoms with Crippen molar-refractivity contribution in [3.63, 3.8) is 0 Å². The van der Waals surface area contributed by atoms with E-state index in [1.165, 1.54) is 11.8 Å². The van der Waals surface area contributed by atoms with Crippen molar-refractivity contribution < 1.29 is 14.3 Å². The Balaban J connectivity index is 1.73. The Morgan fingerprint density at radius 3 is 2.55 bits per heavy atom. The first-order valence-corrected chi connectivity index (χ1v) is 10.2. The zero-order valence-corrected chi connectivity index (χ0v) is 17.5. The predicted octanol–water partition coefficient (Wildman–Crippen LogP) is 3.64. The third kappa shape index (κ3) is 5.36. The first-order valence-electron chi connectivity index (χ1n) is 9.17. The van der Waals surface area contributed by atoms with Crippen molar-refractivity contribution in [1.82, 2.24) is 14.8 Å². The van der Waals surface area contributed by atoms with E-state index in [9.17, 15) is 4.79 Å². The lowest BCUT2D eigenvalue weighted by atomic mass is 10.2. The van der Waals surface area contributed by atoms with Crippen LogP contribution >= 0.6 is 11.8 Å². The number of benzene rings is 2. The van der Waals surface area contributed by atoms with E-state index in [1.807, 2.05) is 60.0 Å². The van der Waals surface area contributed by atoms with Gasteiger partial charge in [-0.3, -0.25) is 9.36 Å². The molecule has 3 aromatic rings. The molecule has 0 aliphatic carbocycles. The summed E-state index contributed by atoms with van der Waals surface area (Å²) in [6.07, 6.45) is 0. The van der Waals surface area contributed by atoms with Crippen molar-refractivity contribution in [2.75, 3.05) is 31.9 Å². The number of aryl methyl sites for hydroxylation is 1. The van der Waals surface area contributed by atoms with E-state index >= 15 is 0 Å². The number of nitrogens with one attached hydrogen (secondary N) is 1. The highest BCUT2D eigenvalue weighted by molar-refractivity contribution is 7.99. The normalized spacial score (nSPS) is 10.7. The number of carbonyl (C=O) groups is 1. The van der Waals surface area contributed by atoms with Gasteiger partial charge in [0.15, 0.2) is 11.0 Å². The molecule has 0 radical (unpaired) electrons. The molecule has 0 atom stereocenters. The number of amides is 1. The van der Waals surface area contributed by atoms with Gasteiger partial charge in [-0.15, -0.1) is 10.2 Å². The smallest absolute Gasteiger partial charge is 0.234 e. The van der Waals surface area contributed by atoms with Gasteiger partial charge in [0, 0.05) is 18.4 Å². The molecule has 8 heteroatoms. The van der Waals surface area contributed by atoms with Crippen molar-refractivity contribution in [2.24, 2.45) is 0 Å². The van der Waals surface area contributed by atoms with Gasteiger partial charge in [0.2, 0.25) is 5.91 Å². The SMILES string of the molecule is COCCn1c(SCC(=O)Nc2ccccc2C)nnc1-c1ccc(OC)cc1. The van der Waals surface area contributed by atoms with Gasteiger partial charge in [0.25, 0.3) is 0 Å². The number of ether oxygens (including phenoxy) is 2. The maximum absolute atomic E-state index is 12.4. The van der Waals surface area contributed by atoms with Crippen molar-refractivity contribution in [1.29, 1.82) is 0 Å². The lowest BCUT2D eigenvalue weighted by molar-refractivity contribution is -0.113. The van der Waals surface area contributed by atoms with Gasteiger partial charge in [0.05, 0.1) is 26.0 Å². The average Bonchev–Trinajstić information content (AvgIpc) is 3.15. The molecule has 0 aliphatic heterocycles. The molecule has 1 aromatic heterocycles. The first-order chi connectivity index (χ1) is 14.1. The molecule has 0 saturated carbocycles. The average molecular weight is 413 g/mol. The molecule has 1 amide bonds. The number of rotatable bonds is 9. The molecule has 0 aliphatic rings. The Morgan fingerprint density at radius 2 is 1.86 bits per heavy atom. The minimum Gasteiger partial charge on any atom is -0.497 e. The summed E-state index contributed by atoms with van der Waals surface area (Å²) in [5.41, 5.74) is 2.76. The number of hydrogen-bond donors (Lipinski definition) is 1. The molecule has 0 bridgehead atoms. The van der Waals surface area contributed by atoms with Crippen LogP contribution < -0.4 is 10.1 Å². The fourth-order valence-corrected chi connectivity index (χ4v) is 3.53. The number of anilines is 1. The van der Waals surface area contributed by atoms with Crippen LogP contribution in [0.1, 0.15) is 5.56 Å². The van der Waals surface area contributed by atoms with Gasteiger partial charge in [-0.1, -0.05) is 30.0 Å². The van der Waals surface area contributed by atoms with Crippen LogP contribution in [0.5, 0.6) is 5.75 Å². The van der Waals surface area contributed by atoms with E-state index in [-0.39, 0.29) is 11.7 Å². The molecule has 0 fully saturated rings. The second-order valence-electron chi connectivity index (χ2n) is 6.33. The maximum atomic E-state index is 12.4. The molecule has 29 heavy (non-hydrogen) atoms. The molecule has 0 unspecified atom stereocenters. The van der Waals surface area contributed by atoms with E-state index in [1.54, 1.807) is 14.2 Å². The summed E-state index contributed by atoms with van der Waals surface area (Å²) in [7, 11) is 3.28. The van der Waals surface area contributed by atoms with Gasteiger partial charge in [-0.25, -0.2) is 0 Å². The maximum Gasteiger partial charge on any atom is 0.234 e. The van der Waals surface area contributed by atoms with Crippen molar-refractivity contribution in [3.05, 3.63) is 54.1 Å².